The summed E-state index contributed by atoms with van der Waals surface area (Å²) >= 11 is 5.72. The summed E-state index contributed by atoms with van der Waals surface area (Å²) in [6, 6.07) is 5.57. The first-order chi connectivity index (χ1) is 10.1. The maximum absolute atomic E-state index is 11.8. The van der Waals surface area contributed by atoms with Crippen LogP contribution in [0.2, 0.25) is 5.15 Å². The number of hydrogen-bond acceptors (Lipinski definition) is 5. The number of carbonyl (C=O) groups is 2. The van der Waals surface area contributed by atoms with Crippen LogP contribution in [0.5, 0.6) is 0 Å². The van der Waals surface area contributed by atoms with E-state index >= 15 is 0 Å². The van der Waals surface area contributed by atoms with Crippen molar-refractivity contribution >= 4 is 35.0 Å². The van der Waals surface area contributed by atoms with Crippen LogP contribution in [0.1, 0.15) is 10.5 Å². The van der Waals surface area contributed by atoms with E-state index in [0.29, 0.717) is 11.4 Å². The van der Waals surface area contributed by atoms with Crippen molar-refractivity contribution in [1.29, 1.82) is 0 Å². The van der Waals surface area contributed by atoms with Crippen molar-refractivity contribution in [3.05, 3.63) is 47.5 Å². The molecule has 0 spiro atoms. The van der Waals surface area contributed by atoms with E-state index in [-0.39, 0.29) is 10.8 Å². The third-order valence-electron chi connectivity index (χ3n) is 2.40. The molecule has 0 saturated carbocycles. The number of esters is 1. The number of ether oxygens (including phenoxy) is 1. The van der Waals surface area contributed by atoms with Crippen LogP contribution in [0, 0.1) is 0 Å². The van der Waals surface area contributed by atoms with Crippen LogP contribution < -0.4 is 10.6 Å². The minimum atomic E-state index is -0.583. The molecule has 0 saturated heterocycles. The molecule has 0 aliphatic rings. The monoisotopic (exact) mass is 306 g/mol. The molecular formula is C13H11ClN4O3. The van der Waals surface area contributed by atoms with Crippen LogP contribution in [-0.4, -0.2) is 29.1 Å². The zero-order valence-corrected chi connectivity index (χ0v) is 11.7. The molecule has 0 bridgehead atoms. The van der Waals surface area contributed by atoms with Crippen molar-refractivity contribution < 1.29 is 14.3 Å². The Morgan fingerprint density at radius 1 is 1.10 bits per heavy atom. The van der Waals surface area contributed by atoms with Gasteiger partial charge in [0.25, 0.3) is 0 Å². The van der Waals surface area contributed by atoms with E-state index in [1.807, 2.05) is 0 Å². The molecule has 0 aromatic carbocycles. The summed E-state index contributed by atoms with van der Waals surface area (Å²) in [7, 11) is 1.25. The molecule has 108 valence electrons. The van der Waals surface area contributed by atoms with Gasteiger partial charge in [0.15, 0.2) is 0 Å². The molecule has 8 heteroatoms. The third-order valence-corrected chi connectivity index (χ3v) is 2.60. The Bertz CT molecular complexity index is 678. The molecule has 2 N–H and O–H groups in total. The molecule has 2 aromatic rings. The highest BCUT2D eigenvalue weighted by molar-refractivity contribution is 6.29. The van der Waals surface area contributed by atoms with Gasteiger partial charge < -0.3 is 15.4 Å². The molecule has 2 amide bonds. The van der Waals surface area contributed by atoms with Crippen molar-refractivity contribution in [3.63, 3.8) is 0 Å². The van der Waals surface area contributed by atoms with Crippen LogP contribution in [-0.2, 0) is 4.74 Å². The number of pyridine rings is 2. The van der Waals surface area contributed by atoms with Crippen LogP contribution in [0.15, 0.2) is 36.7 Å². The molecule has 2 heterocycles. The molecule has 2 aromatic heterocycles. The number of rotatable bonds is 3. The topological polar surface area (TPSA) is 93.2 Å². The van der Waals surface area contributed by atoms with Crippen LogP contribution in [0.4, 0.5) is 16.2 Å². The Hall–Kier alpha value is -2.67. The summed E-state index contributed by atoms with van der Waals surface area (Å²) in [5, 5.41) is 5.42. The second-order valence-electron chi connectivity index (χ2n) is 3.87. The average Bonchev–Trinajstić information content (AvgIpc) is 2.46. The number of carbonyl (C=O) groups excluding carboxylic acids is 2. The minimum Gasteiger partial charge on any atom is -0.464 e. The highest BCUT2D eigenvalue weighted by Gasteiger charge is 2.09. The molecule has 0 atom stereocenters. The SMILES string of the molecule is COC(=O)c1cc(NC(=O)Nc2ccnc(Cl)c2)ccn1. The predicted molar refractivity (Wildman–Crippen MR) is 77.5 cm³/mol. The summed E-state index contributed by atoms with van der Waals surface area (Å²) in [5.41, 5.74) is 1.00. The fraction of sp³-hybridized carbons (Fsp3) is 0.0769. The van der Waals surface area contributed by atoms with E-state index in [0.717, 1.165) is 0 Å². The van der Waals surface area contributed by atoms with Gasteiger partial charge in [0.2, 0.25) is 0 Å². The summed E-state index contributed by atoms with van der Waals surface area (Å²) in [4.78, 5) is 30.8. The van der Waals surface area contributed by atoms with Gasteiger partial charge >= 0.3 is 12.0 Å². The standard InChI is InChI=1S/C13H11ClN4O3/c1-21-12(19)10-6-8(2-4-15-10)17-13(20)18-9-3-5-16-11(14)7-9/h2-7H,1H3,(H2,15,16,17,18,20). The minimum absolute atomic E-state index is 0.0993. The number of amides is 2. The number of hydrogen-bond donors (Lipinski definition) is 2. The second kappa shape index (κ2) is 6.67. The number of halogens is 1. The number of urea groups is 1. The lowest BCUT2D eigenvalue weighted by molar-refractivity contribution is 0.0594. The van der Waals surface area contributed by atoms with E-state index in [4.69, 9.17) is 11.6 Å². The van der Waals surface area contributed by atoms with Gasteiger partial charge in [-0.25, -0.2) is 19.6 Å². The molecule has 2 rings (SSSR count). The van der Waals surface area contributed by atoms with Crippen molar-refractivity contribution in [2.75, 3.05) is 17.7 Å². The first kappa shape index (κ1) is 14.7. The predicted octanol–water partition coefficient (Wildman–Crippen LogP) is 2.56. The van der Waals surface area contributed by atoms with E-state index in [9.17, 15) is 9.59 Å². The number of nitrogens with one attached hydrogen (secondary N) is 2. The number of nitrogens with zero attached hydrogens (tertiary/aromatic N) is 2. The maximum Gasteiger partial charge on any atom is 0.356 e. The lowest BCUT2D eigenvalue weighted by Gasteiger charge is -2.08. The fourth-order valence-corrected chi connectivity index (χ4v) is 1.67. The first-order valence-electron chi connectivity index (χ1n) is 5.82. The number of aromatic nitrogens is 2. The van der Waals surface area contributed by atoms with E-state index in [2.05, 4.69) is 25.3 Å². The summed E-state index contributed by atoms with van der Waals surface area (Å²) in [6.07, 6.45) is 2.87. The van der Waals surface area contributed by atoms with Gasteiger partial charge in [-0.15, -0.1) is 0 Å². The Labute approximate surface area is 125 Å². The van der Waals surface area contributed by atoms with E-state index in [1.54, 1.807) is 12.1 Å². The summed E-state index contributed by atoms with van der Waals surface area (Å²) in [5.74, 6) is -0.583. The van der Waals surface area contributed by atoms with Crippen LogP contribution in [0.3, 0.4) is 0 Å². The Morgan fingerprint density at radius 3 is 2.33 bits per heavy atom. The quantitative estimate of drug-likeness (QED) is 0.671. The molecular weight excluding hydrogens is 296 g/mol. The molecule has 21 heavy (non-hydrogen) atoms. The number of methoxy groups -OCH3 is 1. The number of anilines is 2. The van der Waals surface area contributed by atoms with Gasteiger partial charge in [0.05, 0.1) is 7.11 Å². The first-order valence-corrected chi connectivity index (χ1v) is 6.20. The Kier molecular flexibility index (Phi) is 4.68. The summed E-state index contributed by atoms with van der Waals surface area (Å²) < 4.78 is 4.55. The van der Waals surface area contributed by atoms with Gasteiger partial charge in [-0.05, 0) is 24.3 Å². The smallest absolute Gasteiger partial charge is 0.356 e. The Morgan fingerprint density at radius 2 is 1.71 bits per heavy atom. The van der Waals surface area contributed by atoms with Gasteiger partial charge in [-0.3, -0.25) is 0 Å². The van der Waals surface area contributed by atoms with E-state index in [1.165, 1.54) is 31.6 Å². The molecule has 7 nitrogen and oxygen atoms in total. The van der Waals surface area contributed by atoms with Gasteiger partial charge in [0.1, 0.15) is 10.8 Å². The molecule has 0 aliphatic heterocycles. The fourth-order valence-electron chi connectivity index (χ4n) is 1.50. The lowest BCUT2D eigenvalue weighted by Crippen LogP contribution is -2.19. The zero-order valence-electron chi connectivity index (χ0n) is 11.0. The van der Waals surface area contributed by atoms with Gasteiger partial charge in [-0.1, -0.05) is 11.6 Å². The zero-order chi connectivity index (χ0) is 15.2. The normalized spacial score (nSPS) is 9.81. The van der Waals surface area contributed by atoms with Crippen molar-refractivity contribution in [1.82, 2.24) is 9.97 Å². The lowest BCUT2D eigenvalue weighted by atomic mass is 10.3. The molecule has 0 radical (unpaired) electrons. The van der Waals surface area contributed by atoms with Crippen molar-refractivity contribution in [3.8, 4) is 0 Å². The molecule has 0 unspecified atom stereocenters. The average molecular weight is 307 g/mol. The Balaban J connectivity index is 2.04. The van der Waals surface area contributed by atoms with Gasteiger partial charge in [0, 0.05) is 23.8 Å². The van der Waals surface area contributed by atoms with Crippen molar-refractivity contribution in [2.24, 2.45) is 0 Å². The molecule has 0 aliphatic carbocycles. The van der Waals surface area contributed by atoms with Crippen LogP contribution >= 0.6 is 11.6 Å². The highest BCUT2D eigenvalue weighted by Crippen LogP contribution is 2.13. The van der Waals surface area contributed by atoms with Crippen molar-refractivity contribution in [2.45, 2.75) is 0 Å². The highest BCUT2D eigenvalue weighted by atomic mass is 35.5. The second-order valence-corrected chi connectivity index (χ2v) is 4.25. The third kappa shape index (κ3) is 4.15. The summed E-state index contributed by atoms with van der Waals surface area (Å²) in [6.45, 7) is 0. The maximum atomic E-state index is 11.8. The van der Waals surface area contributed by atoms with Crippen LogP contribution in [0.25, 0.3) is 0 Å². The van der Waals surface area contributed by atoms with Gasteiger partial charge in [-0.2, -0.15) is 0 Å². The van der Waals surface area contributed by atoms with E-state index < -0.39 is 12.0 Å². The molecule has 0 fully saturated rings. The largest absolute Gasteiger partial charge is 0.464 e.